The van der Waals surface area contributed by atoms with E-state index in [2.05, 4.69) is 20.8 Å². The third-order valence-electron chi connectivity index (χ3n) is 4.46. The summed E-state index contributed by atoms with van der Waals surface area (Å²) in [5.74, 6) is 0.169. The van der Waals surface area contributed by atoms with Crippen LogP contribution >= 0.6 is 15.9 Å². The van der Waals surface area contributed by atoms with Gasteiger partial charge in [-0.15, -0.1) is 0 Å². The Morgan fingerprint density at radius 3 is 2.75 bits per heavy atom. The molecule has 2 fully saturated rings. The number of hydrogen-bond donors (Lipinski definition) is 0. The fourth-order valence-corrected chi connectivity index (χ4v) is 3.72. The van der Waals surface area contributed by atoms with Crippen LogP contribution in [0.5, 0.6) is 0 Å². The van der Waals surface area contributed by atoms with Gasteiger partial charge in [-0.1, -0.05) is 11.6 Å². The van der Waals surface area contributed by atoms with Crippen molar-refractivity contribution in [2.75, 3.05) is 26.2 Å². The molecule has 1 unspecified atom stereocenters. The predicted molar refractivity (Wildman–Crippen MR) is 84.0 cm³/mol. The maximum atomic E-state index is 12.7. The number of carbonyl (C=O) groups is 1. The van der Waals surface area contributed by atoms with E-state index in [4.69, 9.17) is 0 Å². The van der Waals surface area contributed by atoms with Gasteiger partial charge in [0.05, 0.1) is 5.56 Å². The SMILES string of the molecule is Cc1ccc(Br)c(C(=O)N2CCC(N3CCCC3)C2)c1. The standard InChI is InChI=1S/C16H21BrN2O/c1-12-4-5-15(17)14(10-12)16(20)19-9-6-13(11-19)18-7-2-3-8-18/h4-5,10,13H,2-3,6-9,11H2,1H3. The van der Waals surface area contributed by atoms with Gasteiger partial charge in [-0.05, 0) is 67.3 Å². The van der Waals surface area contributed by atoms with E-state index in [0.717, 1.165) is 35.1 Å². The van der Waals surface area contributed by atoms with Gasteiger partial charge in [-0.3, -0.25) is 9.69 Å². The monoisotopic (exact) mass is 336 g/mol. The fourth-order valence-electron chi connectivity index (χ4n) is 3.30. The topological polar surface area (TPSA) is 23.6 Å². The number of hydrogen-bond acceptors (Lipinski definition) is 2. The van der Waals surface area contributed by atoms with Crippen LogP contribution < -0.4 is 0 Å². The third-order valence-corrected chi connectivity index (χ3v) is 5.15. The van der Waals surface area contributed by atoms with Gasteiger partial charge in [0.1, 0.15) is 0 Å². The van der Waals surface area contributed by atoms with Crippen LogP contribution in [0.4, 0.5) is 0 Å². The third kappa shape index (κ3) is 2.77. The van der Waals surface area contributed by atoms with E-state index in [1.807, 2.05) is 30.0 Å². The molecule has 0 aliphatic carbocycles. The maximum Gasteiger partial charge on any atom is 0.255 e. The molecule has 0 spiro atoms. The van der Waals surface area contributed by atoms with Gasteiger partial charge in [-0.25, -0.2) is 0 Å². The molecule has 0 saturated carbocycles. The number of halogens is 1. The normalized spacial score (nSPS) is 23.5. The molecule has 1 amide bonds. The zero-order valence-electron chi connectivity index (χ0n) is 11.9. The highest BCUT2D eigenvalue weighted by atomic mass is 79.9. The molecule has 2 heterocycles. The van der Waals surface area contributed by atoms with Crippen LogP contribution in [0.25, 0.3) is 0 Å². The molecule has 1 atom stereocenters. The lowest BCUT2D eigenvalue weighted by atomic mass is 10.1. The summed E-state index contributed by atoms with van der Waals surface area (Å²) in [6.45, 7) is 6.22. The van der Waals surface area contributed by atoms with Crippen LogP contribution in [-0.4, -0.2) is 47.9 Å². The van der Waals surface area contributed by atoms with Crippen LogP contribution in [0, 0.1) is 6.92 Å². The first kappa shape index (κ1) is 14.1. The largest absolute Gasteiger partial charge is 0.337 e. The quantitative estimate of drug-likeness (QED) is 0.828. The number of rotatable bonds is 2. The van der Waals surface area contributed by atoms with Crippen molar-refractivity contribution < 1.29 is 4.79 Å². The number of aryl methyl sites for hydroxylation is 1. The molecule has 108 valence electrons. The Balaban J connectivity index is 1.70. The highest BCUT2D eigenvalue weighted by molar-refractivity contribution is 9.10. The van der Waals surface area contributed by atoms with Crippen molar-refractivity contribution in [2.24, 2.45) is 0 Å². The van der Waals surface area contributed by atoms with E-state index < -0.39 is 0 Å². The van der Waals surface area contributed by atoms with Gasteiger partial charge in [0, 0.05) is 23.6 Å². The van der Waals surface area contributed by atoms with Crippen molar-refractivity contribution >= 4 is 21.8 Å². The lowest BCUT2D eigenvalue weighted by Crippen LogP contribution is -2.37. The van der Waals surface area contributed by atoms with E-state index >= 15 is 0 Å². The molecule has 0 radical (unpaired) electrons. The average Bonchev–Trinajstić information content (AvgIpc) is 3.10. The number of carbonyl (C=O) groups excluding carboxylic acids is 1. The molecule has 2 saturated heterocycles. The van der Waals surface area contributed by atoms with Crippen molar-refractivity contribution in [3.05, 3.63) is 33.8 Å². The Morgan fingerprint density at radius 2 is 2.00 bits per heavy atom. The molecule has 4 heteroatoms. The van der Waals surface area contributed by atoms with Crippen LogP contribution in [-0.2, 0) is 0 Å². The number of likely N-dealkylation sites (tertiary alicyclic amines) is 2. The second kappa shape index (κ2) is 5.86. The number of nitrogens with zero attached hydrogens (tertiary/aromatic N) is 2. The molecule has 2 aliphatic heterocycles. The van der Waals surface area contributed by atoms with Gasteiger partial charge in [0.25, 0.3) is 5.91 Å². The summed E-state index contributed by atoms with van der Waals surface area (Å²) in [5.41, 5.74) is 1.93. The smallest absolute Gasteiger partial charge is 0.255 e. The molecule has 2 aliphatic rings. The van der Waals surface area contributed by atoms with Crippen LogP contribution in [0.1, 0.15) is 35.2 Å². The van der Waals surface area contributed by atoms with E-state index in [0.29, 0.717) is 6.04 Å². The zero-order valence-corrected chi connectivity index (χ0v) is 13.5. The second-order valence-electron chi connectivity index (χ2n) is 5.92. The van der Waals surface area contributed by atoms with E-state index in [9.17, 15) is 4.79 Å². The predicted octanol–water partition coefficient (Wildman–Crippen LogP) is 3.07. The van der Waals surface area contributed by atoms with Crippen molar-refractivity contribution in [2.45, 2.75) is 32.2 Å². The minimum Gasteiger partial charge on any atom is -0.337 e. The highest BCUT2D eigenvalue weighted by Gasteiger charge is 2.32. The number of benzene rings is 1. The fraction of sp³-hybridized carbons (Fsp3) is 0.562. The summed E-state index contributed by atoms with van der Waals surface area (Å²) in [6, 6.07) is 6.55. The van der Waals surface area contributed by atoms with E-state index in [-0.39, 0.29) is 5.91 Å². The lowest BCUT2D eigenvalue weighted by Gasteiger charge is -2.23. The van der Waals surface area contributed by atoms with E-state index in [1.165, 1.54) is 25.9 Å². The molecular formula is C16H21BrN2O. The Kier molecular flexibility index (Phi) is 4.13. The molecule has 3 nitrogen and oxygen atoms in total. The number of amides is 1. The second-order valence-corrected chi connectivity index (χ2v) is 6.77. The van der Waals surface area contributed by atoms with Crippen molar-refractivity contribution in [1.29, 1.82) is 0 Å². The first-order chi connectivity index (χ1) is 9.65. The van der Waals surface area contributed by atoms with Gasteiger partial charge >= 0.3 is 0 Å². The van der Waals surface area contributed by atoms with Crippen LogP contribution in [0.2, 0.25) is 0 Å². The molecule has 1 aromatic carbocycles. The lowest BCUT2D eigenvalue weighted by molar-refractivity contribution is 0.0779. The maximum absolute atomic E-state index is 12.7. The molecule has 20 heavy (non-hydrogen) atoms. The highest BCUT2D eigenvalue weighted by Crippen LogP contribution is 2.25. The van der Waals surface area contributed by atoms with Gasteiger partial charge in [0.2, 0.25) is 0 Å². The van der Waals surface area contributed by atoms with Crippen LogP contribution in [0.3, 0.4) is 0 Å². The molecular weight excluding hydrogens is 316 g/mol. The minimum atomic E-state index is 0.169. The molecule has 0 aromatic heterocycles. The minimum absolute atomic E-state index is 0.169. The summed E-state index contributed by atoms with van der Waals surface area (Å²) in [7, 11) is 0. The van der Waals surface area contributed by atoms with Crippen molar-refractivity contribution in [3.63, 3.8) is 0 Å². The molecule has 0 bridgehead atoms. The van der Waals surface area contributed by atoms with Gasteiger partial charge < -0.3 is 4.90 Å². The van der Waals surface area contributed by atoms with E-state index in [1.54, 1.807) is 0 Å². The molecule has 0 N–H and O–H groups in total. The first-order valence-electron chi connectivity index (χ1n) is 7.44. The van der Waals surface area contributed by atoms with Crippen molar-refractivity contribution in [3.8, 4) is 0 Å². The Hall–Kier alpha value is -0.870. The Morgan fingerprint density at radius 1 is 1.25 bits per heavy atom. The summed E-state index contributed by atoms with van der Waals surface area (Å²) < 4.78 is 0.901. The molecule has 3 rings (SSSR count). The zero-order chi connectivity index (χ0) is 14.1. The van der Waals surface area contributed by atoms with Gasteiger partial charge in [-0.2, -0.15) is 0 Å². The Labute approximate surface area is 129 Å². The summed E-state index contributed by atoms with van der Waals surface area (Å²) in [4.78, 5) is 17.2. The summed E-state index contributed by atoms with van der Waals surface area (Å²) >= 11 is 3.50. The molecule has 1 aromatic rings. The summed E-state index contributed by atoms with van der Waals surface area (Å²) in [5, 5.41) is 0. The van der Waals surface area contributed by atoms with Gasteiger partial charge in [0.15, 0.2) is 0 Å². The van der Waals surface area contributed by atoms with Crippen molar-refractivity contribution in [1.82, 2.24) is 9.80 Å². The summed E-state index contributed by atoms with van der Waals surface area (Å²) in [6.07, 6.45) is 3.75. The first-order valence-corrected chi connectivity index (χ1v) is 8.24. The average molecular weight is 337 g/mol. The Bertz CT molecular complexity index is 511. The van der Waals surface area contributed by atoms with Crippen LogP contribution in [0.15, 0.2) is 22.7 Å².